The van der Waals surface area contributed by atoms with Gasteiger partial charge in [-0.25, -0.2) is 0 Å². The molecule has 0 atom stereocenters. The van der Waals surface area contributed by atoms with Crippen molar-refractivity contribution in [1.82, 2.24) is 0 Å². The number of hydrogen-bond donors (Lipinski definition) is 0. The molecule has 0 saturated carbocycles. The summed E-state index contributed by atoms with van der Waals surface area (Å²) in [6.45, 7) is 20.8. The third-order valence-electron chi connectivity index (χ3n) is 17.3. The Morgan fingerprint density at radius 2 is 0.855 bits per heavy atom. The first kappa shape index (κ1) is 52.3. The molecule has 3 nitrogen and oxygen atoms in total. The van der Waals surface area contributed by atoms with E-state index in [-0.39, 0.29) is 23.0 Å². The summed E-state index contributed by atoms with van der Waals surface area (Å²) in [4.78, 5) is 5.21. The molecule has 0 unspecified atom stereocenters. The highest BCUT2D eigenvalue weighted by molar-refractivity contribution is 7.00. The number of para-hydroxylation sites is 2. The van der Waals surface area contributed by atoms with E-state index in [1.54, 1.807) is 0 Å². The second kappa shape index (κ2) is 19.7. The van der Waals surface area contributed by atoms with Crippen molar-refractivity contribution in [1.29, 1.82) is 0 Å². The van der Waals surface area contributed by atoms with Crippen molar-refractivity contribution in [3.8, 4) is 55.6 Å². The molecule has 14 rings (SSSR count). The molecule has 0 N–H and O–H groups in total. The van der Waals surface area contributed by atoms with Gasteiger partial charge in [0.2, 0.25) is 0 Å². The van der Waals surface area contributed by atoms with Gasteiger partial charge >= 0.3 is 0 Å². The van der Waals surface area contributed by atoms with Gasteiger partial charge in [-0.15, -0.1) is 0 Å². The van der Waals surface area contributed by atoms with Crippen molar-refractivity contribution < 1.29 is 4.42 Å². The Bertz CT molecular complexity index is 4420. The van der Waals surface area contributed by atoms with Crippen molar-refractivity contribution in [3.05, 3.63) is 258 Å². The van der Waals surface area contributed by atoms with Crippen molar-refractivity contribution in [2.45, 2.75) is 78.6 Å². The van der Waals surface area contributed by atoms with Crippen LogP contribution in [0, 0.1) is 0 Å². The summed E-state index contributed by atoms with van der Waals surface area (Å²) < 4.78 is 7.20. The highest BCUT2D eigenvalue weighted by Crippen LogP contribution is 2.56. The van der Waals surface area contributed by atoms with Gasteiger partial charge in [0.25, 0.3) is 6.71 Å². The van der Waals surface area contributed by atoms with E-state index < -0.39 is 0 Å². The fourth-order valence-corrected chi connectivity index (χ4v) is 13.2. The van der Waals surface area contributed by atoms with Gasteiger partial charge in [-0.3, -0.25) is 0 Å². The van der Waals surface area contributed by atoms with Crippen molar-refractivity contribution in [3.63, 3.8) is 0 Å². The van der Waals surface area contributed by atoms with Crippen molar-refractivity contribution >= 4 is 90.8 Å². The fourth-order valence-electron chi connectivity index (χ4n) is 13.0. The fraction of sp³-hybridized carbons (Fsp3) is 0.154. The van der Waals surface area contributed by atoms with Crippen LogP contribution in [-0.4, -0.2) is 6.71 Å². The van der Waals surface area contributed by atoms with E-state index in [1.165, 1.54) is 44.2 Å². The predicted octanol–water partition coefficient (Wildman–Crippen LogP) is 20.5. The van der Waals surface area contributed by atoms with Crippen molar-refractivity contribution in [2.24, 2.45) is 0 Å². The Labute approximate surface area is 494 Å². The van der Waals surface area contributed by atoms with Gasteiger partial charge in [-0.2, -0.15) is 0 Å². The highest BCUT2D eigenvalue weighted by Gasteiger charge is 2.46. The summed E-state index contributed by atoms with van der Waals surface area (Å²) in [5.74, 6) is 0. The normalized spacial score (nSPS) is 13.1. The molecule has 83 heavy (non-hydrogen) atoms. The summed E-state index contributed by atoms with van der Waals surface area (Å²) in [6.07, 6.45) is 0. The van der Waals surface area contributed by atoms with Gasteiger partial charge in [0.15, 0.2) is 0 Å². The minimum absolute atomic E-state index is 0.0672. The maximum absolute atomic E-state index is 7.47. The first-order valence-electron chi connectivity index (χ1n) is 29.2. The quantitative estimate of drug-likeness (QED) is 0.148. The lowest BCUT2D eigenvalue weighted by atomic mass is 9.33. The second-order valence-corrected chi connectivity index (χ2v) is 26.3. The number of furan rings is 1. The molecule has 404 valence electrons. The average molecular weight is 1090 g/mol. The second-order valence-electron chi connectivity index (χ2n) is 25.8. The molecule has 0 saturated heterocycles. The van der Waals surface area contributed by atoms with E-state index in [2.05, 4.69) is 309 Å². The van der Waals surface area contributed by atoms with Gasteiger partial charge in [0.1, 0.15) is 11.2 Å². The Kier molecular flexibility index (Phi) is 12.4. The molecule has 2 aliphatic rings. The van der Waals surface area contributed by atoms with Crippen LogP contribution < -0.4 is 26.2 Å². The molecule has 0 fully saturated rings. The molecule has 5 heteroatoms. The number of rotatable bonds is 7. The number of benzene rings is 11. The van der Waals surface area contributed by atoms with E-state index in [4.69, 9.17) is 16.0 Å². The van der Waals surface area contributed by atoms with Gasteiger partial charge in [0.05, 0.1) is 11.4 Å². The first-order chi connectivity index (χ1) is 40.0. The Morgan fingerprint density at radius 1 is 0.349 bits per heavy atom. The zero-order valence-electron chi connectivity index (χ0n) is 48.8. The molecular formula is C78H66BClN2O. The summed E-state index contributed by atoms with van der Waals surface area (Å²) >= 11 is 7.47. The van der Waals surface area contributed by atoms with Crippen molar-refractivity contribution in [2.75, 3.05) is 9.80 Å². The maximum Gasteiger partial charge on any atom is 0.252 e. The topological polar surface area (TPSA) is 19.6 Å². The molecule has 11 aromatic carbocycles. The monoisotopic (exact) mass is 1090 g/mol. The third kappa shape index (κ3) is 8.89. The smallest absolute Gasteiger partial charge is 0.252 e. The average Bonchev–Trinajstić information content (AvgIpc) is 1.46. The Morgan fingerprint density at radius 3 is 1.42 bits per heavy atom. The van der Waals surface area contributed by atoms with Crippen LogP contribution in [0.2, 0.25) is 5.02 Å². The molecular weight excluding hydrogens is 1030 g/mol. The number of fused-ring (bicyclic) bond motifs is 7. The molecule has 0 bridgehead atoms. The minimum atomic E-state index is -0.283. The number of nitrogens with zero attached hydrogens (tertiary/aromatic N) is 2. The maximum atomic E-state index is 7.47. The van der Waals surface area contributed by atoms with Crippen LogP contribution in [0.3, 0.4) is 0 Å². The van der Waals surface area contributed by atoms with Crippen LogP contribution in [0.4, 0.5) is 34.1 Å². The minimum Gasteiger partial charge on any atom is -0.455 e. The molecule has 0 spiro atoms. The van der Waals surface area contributed by atoms with E-state index in [9.17, 15) is 0 Å². The molecule has 2 aliphatic heterocycles. The van der Waals surface area contributed by atoms with Crippen LogP contribution in [-0.2, 0) is 16.2 Å². The van der Waals surface area contributed by atoms with E-state index >= 15 is 0 Å². The van der Waals surface area contributed by atoms with E-state index in [0.717, 1.165) is 101 Å². The standard InChI is InChI=1S/C78H66BClN2O/c1-76(2,3)55-41-54(42-56(44-55)77(4,5)6)53-37-40-66-65(43-53)79-64-39-38-58(80)47-67(64)82(74-62(51-29-18-12-19-30-51)48-63-61-33-22-23-36-70(61)83-75(63)71(74)52-31-20-13-21-32-52)69-46-57(78(7,8)9)45-68(72(69)79)81(66)73-59(49-25-14-10-15-26-49)34-24-35-60(73)50-27-16-11-17-28-50/h10-48H,1-9H3. The summed E-state index contributed by atoms with van der Waals surface area (Å²) in [5, 5.41) is 2.81. The molecule has 3 heterocycles. The lowest BCUT2D eigenvalue weighted by molar-refractivity contribution is 0.569. The predicted molar refractivity (Wildman–Crippen MR) is 356 cm³/mol. The Balaban J connectivity index is 1.17. The number of hydrogen-bond acceptors (Lipinski definition) is 3. The number of halogens is 1. The SMILES string of the molecule is CC(C)(C)c1cc(-c2ccc3c(c2)B2c4ccc(Cl)cc4N(c4c(-c5ccccc5)cc5c(oc6ccccc65)c4-c4ccccc4)c4cc(C(C)(C)C)cc(c42)N3c2c(-c3ccccc3)cccc2-c2ccccc2)cc(C(C)(C)C)c1. The van der Waals surface area contributed by atoms with Crippen LogP contribution in [0.15, 0.2) is 241 Å². The van der Waals surface area contributed by atoms with Gasteiger partial charge in [0, 0.05) is 60.8 Å². The largest absolute Gasteiger partial charge is 0.455 e. The highest BCUT2D eigenvalue weighted by atomic mass is 35.5. The van der Waals surface area contributed by atoms with E-state index in [0.29, 0.717) is 5.02 Å². The number of anilines is 6. The van der Waals surface area contributed by atoms with Gasteiger partial charge < -0.3 is 14.2 Å². The summed E-state index contributed by atoms with van der Waals surface area (Å²) in [6, 6.07) is 87.6. The lowest BCUT2D eigenvalue weighted by Gasteiger charge is -2.46. The third-order valence-corrected chi connectivity index (χ3v) is 17.6. The lowest BCUT2D eigenvalue weighted by Crippen LogP contribution is -2.61. The Hall–Kier alpha value is -8.83. The van der Waals surface area contributed by atoms with Gasteiger partial charge in [-0.05, 0) is 125 Å². The molecule has 0 aliphatic carbocycles. The summed E-state index contributed by atoms with van der Waals surface area (Å²) in [5.41, 5.74) is 26.6. The van der Waals surface area contributed by atoms with E-state index in [1.807, 2.05) is 0 Å². The van der Waals surface area contributed by atoms with Crippen LogP contribution in [0.1, 0.15) is 79.0 Å². The molecule has 0 amide bonds. The van der Waals surface area contributed by atoms with Crippen LogP contribution >= 0.6 is 11.6 Å². The zero-order valence-corrected chi connectivity index (χ0v) is 49.5. The summed E-state index contributed by atoms with van der Waals surface area (Å²) in [7, 11) is 0. The van der Waals surface area contributed by atoms with Gasteiger partial charge in [-0.1, -0.05) is 268 Å². The molecule has 1 aromatic heterocycles. The zero-order chi connectivity index (χ0) is 57.1. The molecule has 0 radical (unpaired) electrons. The van der Waals surface area contributed by atoms with Crippen LogP contribution in [0.25, 0.3) is 77.6 Å². The first-order valence-corrected chi connectivity index (χ1v) is 29.6. The molecule has 12 aromatic rings. The van der Waals surface area contributed by atoms with Crippen LogP contribution in [0.5, 0.6) is 0 Å².